The third-order valence-corrected chi connectivity index (χ3v) is 2.94. The van der Waals surface area contributed by atoms with Crippen molar-refractivity contribution in [1.82, 2.24) is 0 Å². The van der Waals surface area contributed by atoms with Gasteiger partial charge in [-0.2, -0.15) is 15.7 Å². The first-order chi connectivity index (χ1) is 8.99. The van der Waals surface area contributed by atoms with Gasteiger partial charge in [0.05, 0.1) is 22.2 Å². The molecule has 0 fully saturated rings. The third kappa shape index (κ3) is 2.74. The molecule has 19 heavy (non-hydrogen) atoms. The number of nitro benzene ring substituents is 1. The number of hydrogen-bond donors (Lipinski definition) is 1. The molecule has 1 amide bonds. The van der Waals surface area contributed by atoms with Crippen molar-refractivity contribution >= 4 is 28.6 Å². The van der Waals surface area contributed by atoms with Gasteiger partial charge in [0.2, 0.25) is 5.82 Å². The van der Waals surface area contributed by atoms with E-state index in [1.54, 1.807) is 16.8 Å². The summed E-state index contributed by atoms with van der Waals surface area (Å²) in [6, 6.07) is 2.48. The van der Waals surface area contributed by atoms with Crippen LogP contribution in [0.3, 0.4) is 0 Å². The van der Waals surface area contributed by atoms with Crippen LogP contribution < -0.4 is 5.32 Å². The van der Waals surface area contributed by atoms with E-state index in [2.05, 4.69) is 5.32 Å². The van der Waals surface area contributed by atoms with E-state index in [0.717, 1.165) is 0 Å². The Bertz CT molecular complexity index is 644. The number of thiophene rings is 1. The molecule has 0 aliphatic rings. The molecule has 98 valence electrons. The SMILES string of the molecule is O=C(Nc1ccsc1)c1cc(F)c([N+](=O)[O-])cc1F. The highest BCUT2D eigenvalue weighted by Crippen LogP contribution is 2.22. The molecule has 0 aliphatic carbocycles. The van der Waals surface area contributed by atoms with Crippen molar-refractivity contribution in [2.75, 3.05) is 5.32 Å². The van der Waals surface area contributed by atoms with Crippen molar-refractivity contribution in [2.24, 2.45) is 0 Å². The number of nitro groups is 1. The molecule has 0 saturated carbocycles. The van der Waals surface area contributed by atoms with Crippen LogP contribution in [0, 0.1) is 21.7 Å². The van der Waals surface area contributed by atoms with Gasteiger partial charge in [-0.25, -0.2) is 4.39 Å². The fourth-order valence-electron chi connectivity index (χ4n) is 1.38. The van der Waals surface area contributed by atoms with Gasteiger partial charge in [-0.3, -0.25) is 14.9 Å². The summed E-state index contributed by atoms with van der Waals surface area (Å²) in [4.78, 5) is 21.0. The lowest BCUT2D eigenvalue weighted by Crippen LogP contribution is -2.14. The van der Waals surface area contributed by atoms with Crippen molar-refractivity contribution in [1.29, 1.82) is 0 Å². The van der Waals surface area contributed by atoms with Crippen LogP contribution >= 0.6 is 11.3 Å². The predicted octanol–water partition coefficient (Wildman–Crippen LogP) is 3.19. The lowest BCUT2D eigenvalue weighted by Gasteiger charge is -2.04. The molecule has 1 aromatic carbocycles. The fourth-order valence-corrected chi connectivity index (χ4v) is 1.97. The molecule has 0 atom stereocenters. The predicted molar refractivity (Wildman–Crippen MR) is 65.3 cm³/mol. The zero-order chi connectivity index (χ0) is 14.0. The molecule has 0 aliphatic heterocycles. The Morgan fingerprint density at radius 3 is 2.63 bits per heavy atom. The van der Waals surface area contributed by atoms with E-state index in [4.69, 9.17) is 0 Å². The number of rotatable bonds is 3. The molecule has 0 spiro atoms. The second-order valence-corrected chi connectivity index (χ2v) is 4.29. The Kier molecular flexibility index (Phi) is 3.52. The summed E-state index contributed by atoms with van der Waals surface area (Å²) in [7, 11) is 0. The quantitative estimate of drug-likeness (QED) is 0.695. The van der Waals surface area contributed by atoms with E-state index in [1.165, 1.54) is 11.3 Å². The van der Waals surface area contributed by atoms with Gasteiger partial charge >= 0.3 is 5.69 Å². The topological polar surface area (TPSA) is 72.2 Å². The highest BCUT2D eigenvalue weighted by atomic mass is 32.1. The first-order valence-corrected chi connectivity index (χ1v) is 5.90. The maximum absolute atomic E-state index is 13.5. The fraction of sp³-hybridized carbons (Fsp3) is 0. The van der Waals surface area contributed by atoms with E-state index in [-0.39, 0.29) is 0 Å². The Balaban J connectivity index is 2.32. The van der Waals surface area contributed by atoms with Crippen LogP contribution in [0.4, 0.5) is 20.2 Å². The number of anilines is 1. The van der Waals surface area contributed by atoms with Gasteiger partial charge < -0.3 is 5.32 Å². The van der Waals surface area contributed by atoms with E-state index in [0.29, 0.717) is 17.8 Å². The zero-order valence-electron chi connectivity index (χ0n) is 9.22. The average molecular weight is 284 g/mol. The molecule has 2 rings (SSSR count). The number of carbonyl (C=O) groups excluding carboxylic acids is 1. The van der Waals surface area contributed by atoms with E-state index >= 15 is 0 Å². The van der Waals surface area contributed by atoms with Crippen molar-refractivity contribution in [3.05, 3.63) is 56.3 Å². The number of benzene rings is 1. The van der Waals surface area contributed by atoms with E-state index < -0.39 is 33.7 Å². The van der Waals surface area contributed by atoms with Gasteiger partial charge in [0.1, 0.15) is 5.82 Å². The van der Waals surface area contributed by atoms with Crippen LogP contribution in [0.2, 0.25) is 0 Å². The van der Waals surface area contributed by atoms with Crippen LogP contribution in [0.25, 0.3) is 0 Å². The average Bonchev–Trinajstić information content (AvgIpc) is 2.83. The molecule has 1 aromatic heterocycles. The molecule has 5 nitrogen and oxygen atoms in total. The number of carbonyl (C=O) groups is 1. The van der Waals surface area contributed by atoms with E-state index in [9.17, 15) is 23.7 Å². The third-order valence-electron chi connectivity index (χ3n) is 2.26. The van der Waals surface area contributed by atoms with Crippen molar-refractivity contribution in [3.63, 3.8) is 0 Å². The number of nitrogens with one attached hydrogen (secondary N) is 1. The lowest BCUT2D eigenvalue weighted by molar-refractivity contribution is -0.387. The van der Waals surface area contributed by atoms with Gasteiger partial charge in [0.15, 0.2) is 0 Å². The summed E-state index contributed by atoms with van der Waals surface area (Å²) in [6.45, 7) is 0. The molecular formula is C11H6F2N2O3S. The molecule has 0 unspecified atom stereocenters. The second kappa shape index (κ2) is 5.11. The first-order valence-electron chi connectivity index (χ1n) is 4.96. The molecule has 1 N–H and O–H groups in total. The summed E-state index contributed by atoms with van der Waals surface area (Å²) in [5, 5.41) is 16.1. The summed E-state index contributed by atoms with van der Waals surface area (Å²) < 4.78 is 26.9. The number of halogens is 2. The molecule has 8 heteroatoms. The normalized spacial score (nSPS) is 10.2. The number of hydrogen-bond acceptors (Lipinski definition) is 4. The molecular weight excluding hydrogens is 278 g/mol. The Morgan fingerprint density at radius 2 is 2.05 bits per heavy atom. The van der Waals surface area contributed by atoms with Crippen LogP contribution in [-0.2, 0) is 0 Å². The van der Waals surface area contributed by atoms with Crippen molar-refractivity contribution in [3.8, 4) is 0 Å². The summed E-state index contributed by atoms with van der Waals surface area (Å²) in [5.41, 5.74) is -1.16. The van der Waals surface area contributed by atoms with Crippen molar-refractivity contribution in [2.45, 2.75) is 0 Å². The standard InChI is InChI=1S/C11H6F2N2O3S/c12-8-4-10(15(17)18)9(13)3-7(8)11(16)14-6-1-2-19-5-6/h1-5H,(H,14,16). The van der Waals surface area contributed by atoms with Gasteiger partial charge in [-0.05, 0) is 17.5 Å². The van der Waals surface area contributed by atoms with Gasteiger partial charge in [-0.15, -0.1) is 0 Å². The number of nitrogens with zero attached hydrogens (tertiary/aromatic N) is 1. The minimum atomic E-state index is -1.26. The molecule has 0 bridgehead atoms. The number of amides is 1. The Hall–Kier alpha value is -2.35. The van der Waals surface area contributed by atoms with Gasteiger partial charge in [0.25, 0.3) is 5.91 Å². The summed E-state index contributed by atoms with van der Waals surface area (Å²) in [6.07, 6.45) is 0. The van der Waals surface area contributed by atoms with Gasteiger partial charge in [-0.1, -0.05) is 0 Å². The maximum Gasteiger partial charge on any atom is 0.307 e. The van der Waals surface area contributed by atoms with Crippen LogP contribution in [-0.4, -0.2) is 10.8 Å². The summed E-state index contributed by atoms with van der Waals surface area (Å²) >= 11 is 1.32. The highest BCUT2D eigenvalue weighted by molar-refractivity contribution is 7.08. The maximum atomic E-state index is 13.5. The molecule has 1 heterocycles. The first kappa shape index (κ1) is 13.1. The molecule has 0 radical (unpaired) electrons. The van der Waals surface area contributed by atoms with Crippen LogP contribution in [0.1, 0.15) is 10.4 Å². The van der Waals surface area contributed by atoms with Crippen LogP contribution in [0.15, 0.2) is 29.0 Å². The van der Waals surface area contributed by atoms with Gasteiger partial charge in [0, 0.05) is 5.38 Å². The molecule has 2 aromatic rings. The minimum Gasteiger partial charge on any atom is -0.321 e. The zero-order valence-corrected chi connectivity index (χ0v) is 10.0. The smallest absolute Gasteiger partial charge is 0.307 e. The van der Waals surface area contributed by atoms with E-state index in [1.807, 2.05) is 0 Å². The molecule has 0 saturated heterocycles. The lowest BCUT2D eigenvalue weighted by atomic mass is 10.1. The Labute approximate surface area is 109 Å². The van der Waals surface area contributed by atoms with Crippen molar-refractivity contribution < 1.29 is 18.5 Å². The monoisotopic (exact) mass is 284 g/mol. The summed E-state index contributed by atoms with van der Waals surface area (Å²) in [5.74, 6) is -3.28. The highest BCUT2D eigenvalue weighted by Gasteiger charge is 2.22. The minimum absolute atomic E-state index is 0.387. The Morgan fingerprint density at radius 1 is 1.32 bits per heavy atom. The largest absolute Gasteiger partial charge is 0.321 e. The second-order valence-electron chi connectivity index (χ2n) is 3.51. The van der Waals surface area contributed by atoms with Crippen LogP contribution in [0.5, 0.6) is 0 Å².